The van der Waals surface area contributed by atoms with Gasteiger partial charge in [0.2, 0.25) is 0 Å². The monoisotopic (exact) mass is 206 g/mol. The normalized spacial score (nSPS) is 25.8. The first-order valence-electron chi connectivity index (χ1n) is 5.16. The standard InChI is InChI=1S/C10H19ClO2/c1-9(5-4-7-11)13-10-6-2-3-8-12-10/h9-10H,2-8H2,1H3/t9-,10?/m0/s1. The lowest BCUT2D eigenvalue weighted by atomic mass is 10.2. The summed E-state index contributed by atoms with van der Waals surface area (Å²) in [7, 11) is 0. The number of ether oxygens (including phenoxy) is 2. The summed E-state index contributed by atoms with van der Waals surface area (Å²) in [5, 5.41) is 0. The van der Waals surface area contributed by atoms with Gasteiger partial charge in [0.15, 0.2) is 6.29 Å². The van der Waals surface area contributed by atoms with Crippen LogP contribution in [0.5, 0.6) is 0 Å². The highest BCUT2D eigenvalue weighted by atomic mass is 35.5. The fraction of sp³-hybridized carbons (Fsp3) is 1.00. The van der Waals surface area contributed by atoms with Gasteiger partial charge in [-0.05, 0) is 39.0 Å². The SMILES string of the molecule is C[C@@H](CCCCl)OC1CCCCO1. The minimum absolute atomic E-state index is 0.0408. The molecule has 0 bridgehead atoms. The van der Waals surface area contributed by atoms with E-state index in [1.165, 1.54) is 12.8 Å². The summed E-state index contributed by atoms with van der Waals surface area (Å²) < 4.78 is 11.2. The lowest BCUT2D eigenvalue weighted by Crippen LogP contribution is -2.26. The molecule has 0 saturated carbocycles. The Morgan fingerprint density at radius 2 is 2.38 bits per heavy atom. The van der Waals surface area contributed by atoms with E-state index in [1.54, 1.807) is 0 Å². The van der Waals surface area contributed by atoms with Crippen LogP contribution in [0.25, 0.3) is 0 Å². The Kier molecular flexibility index (Phi) is 5.76. The number of hydrogen-bond donors (Lipinski definition) is 0. The third kappa shape index (κ3) is 4.84. The summed E-state index contributed by atoms with van der Waals surface area (Å²) in [6.07, 6.45) is 5.83. The average molecular weight is 207 g/mol. The maximum Gasteiger partial charge on any atom is 0.157 e. The van der Waals surface area contributed by atoms with Gasteiger partial charge in [0.05, 0.1) is 6.10 Å². The van der Waals surface area contributed by atoms with Crippen LogP contribution in [0.1, 0.15) is 39.0 Å². The number of hydrogen-bond acceptors (Lipinski definition) is 2. The molecule has 1 aliphatic rings. The quantitative estimate of drug-likeness (QED) is 0.644. The molecule has 0 amide bonds. The molecule has 1 saturated heterocycles. The number of rotatable bonds is 5. The van der Waals surface area contributed by atoms with Crippen LogP contribution < -0.4 is 0 Å². The van der Waals surface area contributed by atoms with Gasteiger partial charge in [-0.3, -0.25) is 0 Å². The van der Waals surface area contributed by atoms with E-state index in [1.807, 2.05) is 0 Å². The second-order valence-electron chi connectivity index (χ2n) is 3.57. The van der Waals surface area contributed by atoms with Crippen LogP contribution in [0.2, 0.25) is 0 Å². The third-order valence-corrected chi connectivity index (χ3v) is 2.53. The minimum Gasteiger partial charge on any atom is -0.353 e. The lowest BCUT2D eigenvalue weighted by molar-refractivity contribution is -0.185. The summed E-state index contributed by atoms with van der Waals surface area (Å²) >= 11 is 5.60. The first kappa shape index (κ1) is 11.3. The van der Waals surface area contributed by atoms with Crippen molar-refractivity contribution in [2.75, 3.05) is 12.5 Å². The first-order chi connectivity index (χ1) is 6.33. The van der Waals surface area contributed by atoms with Crippen molar-refractivity contribution >= 4 is 11.6 Å². The predicted molar refractivity (Wildman–Crippen MR) is 54.1 cm³/mol. The molecule has 3 heteroatoms. The molecule has 1 fully saturated rings. The first-order valence-corrected chi connectivity index (χ1v) is 5.69. The highest BCUT2D eigenvalue weighted by molar-refractivity contribution is 6.17. The van der Waals surface area contributed by atoms with E-state index in [0.717, 1.165) is 31.7 Å². The van der Waals surface area contributed by atoms with Crippen molar-refractivity contribution in [2.24, 2.45) is 0 Å². The Morgan fingerprint density at radius 3 is 3.00 bits per heavy atom. The molecule has 13 heavy (non-hydrogen) atoms. The smallest absolute Gasteiger partial charge is 0.157 e. The highest BCUT2D eigenvalue weighted by Gasteiger charge is 2.16. The highest BCUT2D eigenvalue weighted by Crippen LogP contribution is 2.16. The minimum atomic E-state index is 0.0408. The van der Waals surface area contributed by atoms with Crippen LogP contribution in [0.3, 0.4) is 0 Å². The molecular formula is C10H19ClO2. The van der Waals surface area contributed by atoms with Crippen LogP contribution in [0.4, 0.5) is 0 Å². The van der Waals surface area contributed by atoms with E-state index >= 15 is 0 Å². The van der Waals surface area contributed by atoms with Crippen LogP contribution in [0, 0.1) is 0 Å². The predicted octanol–water partition coefficient (Wildman–Crippen LogP) is 2.94. The molecule has 1 heterocycles. The van der Waals surface area contributed by atoms with Gasteiger partial charge in [0.1, 0.15) is 0 Å². The molecule has 0 spiro atoms. The van der Waals surface area contributed by atoms with Crippen LogP contribution in [-0.2, 0) is 9.47 Å². The average Bonchev–Trinajstić information content (AvgIpc) is 2.16. The number of halogens is 1. The van der Waals surface area contributed by atoms with Crippen molar-refractivity contribution in [2.45, 2.75) is 51.4 Å². The van der Waals surface area contributed by atoms with Crippen molar-refractivity contribution in [3.8, 4) is 0 Å². The molecule has 0 aromatic rings. The summed E-state index contributed by atoms with van der Waals surface area (Å²) in [6.45, 7) is 2.94. The van der Waals surface area contributed by atoms with Gasteiger partial charge in [0, 0.05) is 12.5 Å². The summed E-state index contributed by atoms with van der Waals surface area (Å²) in [5.74, 6) is 0.721. The second-order valence-corrected chi connectivity index (χ2v) is 3.95. The van der Waals surface area contributed by atoms with Crippen LogP contribution >= 0.6 is 11.6 Å². The Hall–Kier alpha value is 0.210. The summed E-state index contributed by atoms with van der Waals surface area (Å²) in [6, 6.07) is 0. The zero-order valence-electron chi connectivity index (χ0n) is 8.30. The van der Waals surface area contributed by atoms with E-state index in [-0.39, 0.29) is 12.4 Å². The van der Waals surface area contributed by atoms with Gasteiger partial charge in [-0.1, -0.05) is 0 Å². The molecule has 78 valence electrons. The molecule has 2 nitrogen and oxygen atoms in total. The molecule has 1 rings (SSSR count). The van der Waals surface area contributed by atoms with Crippen molar-refractivity contribution < 1.29 is 9.47 Å². The maximum atomic E-state index is 5.71. The van der Waals surface area contributed by atoms with Gasteiger partial charge in [0.25, 0.3) is 0 Å². The molecule has 0 aliphatic carbocycles. The molecule has 0 aromatic heterocycles. The van der Waals surface area contributed by atoms with Gasteiger partial charge in [-0.25, -0.2) is 0 Å². The number of alkyl halides is 1. The zero-order chi connectivity index (χ0) is 9.52. The van der Waals surface area contributed by atoms with Gasteiger partial charge in [-0.15, -0.1) is 11.6 Å². The van der Waals surface area contributed by atoms with Crippen molar-refractivity contribution in [1.29, 1.82) is 0 Å². The zero-order valence-corrected chi connectivity index (χ0v) is 9.05. The summed E-state index contributed by atoms with van der Waals surface area (Å²) in [4.78, 5) is 0. The Labute approximate surface area is 85.5 Å². The third-order valence-electron chi connectivity index (χ3n) is 2.27. The second kappa shape index (κ2) is 6.63. The van der Waals surface area contributed by atoms with Crippen LogP contribution in [-0.4, -0.2) is 24.9 Å². The topological polar surface area (TPSA) is 18.5 Å². The van der Waals surface area contributed by atoms with Crippen LogP contribution in [0.15, 0.2) is 0 Å². The Bertz CT molecular complexity index is 124. The molecule has 0 radical (unpaired) electrons. The molecular weight excluding hydrogens is 188 g/mol. The lowest BCUT2D eigenvalue weighted by Gasteiger charge is -2.25. The maximum absolute atomic E-state index is 5.71. The van der Waals surface area contributed by atoms with Crippen molar-refractivity contribution in [1.82, 2.24) is 0 Å². The fourth-order valence-corrected chi connectivity index (χ4v) is 1.66. The largest absolute Gasteiger partial charge is 0.353 e. The van der Waals surface area contributed by atoms with Gasteiger partial charge < -0.3 is 9.47 Å². The molecule has 0 N–H and O–H groups in total. The van der Waals surface area contributed by atoms with E-state index in [9.17, 15) is 0 Å². The Balaban J connectivity index is 2.07. The molecule has 0 aromatic carbocycles. The van der Waals surface area contributed by atoms with E-state index < -0.39 is 0 Å². The van der Waals surface area contributed by atoms with E-state index in [2.05, 4.69) is 6.92 Å². The summed E-state index contributed by atoms with van der Waals surface area (Å²) in [5.41, 5.74) is 0. The van der Waals surface area contributed by atoms with Crippen molar-refractivity contribution in [3.05, 3.63) is 0 Å². The van der Waals surface area contributed by atoms with E-state index in [4.69, 9.17) is 21.1 Å². The van der Waals surface area contributed by atoms with Gasteiger partial charge in [-0.2, -0.15) is 0 Å². The molecule has 2 atom stereocenters. The van der Waals surface area contributed by atoms with E-state index in [0.29, 0.717) is 0 Å². The fourth-order valence-electron chi connectivity index (χ4n) is 1.51. The molecule has 1 unspecified atom stereocenters. The van der Waals surface area contributed by atoms with Crippen molar-refractivity contribution in [3.63, 3.8) is 0 Å². The van der Waals surface area contributed by atoms with Gasteiger partial charge >= 0.3 is 0 Å². The Morgan fingerprint density at radius 1 is 1.54 bits per heavy atom. The molecule has 1 aliphatic heterocycles.